The predicted octanol–water partition coefficient (Wildman–Crippen LogP) is 3.33. The first-order chi connectivity index (χ1) is 9.08. The van der Waals surface area contributed by atoms with Crippen LogP contribution in [0.1, 0.15) is 27.1 Å². The van der Waals surface area contributed by atoms with E-state index < -0.39 is 11.6 Å². The molecular weight excluding hydrogens is 269 g/mol. The molecule has 0 aliphatic heterocycles. The SMILES string of the molecule is O=C(CC(=O)c1ccc(F)cc1Cl)c1ccncc1. The molecule has 0 N–H and O–H groups in total. The third-order valence-corrected chi connectivity index (χ3v) is 2.87. The molecule has 2 rings (SSSR count). The van der Waals surface area contributed by atoms with Gasteiger partial charge in [0.05, 0.1) is 11.4 Å². The Balaban J connectivity index is 2.15. The second-order valence-electron chi connectivity index (χ2n) is 3.88. The molecule has 0 saturated carbocycles. The minimum Gasteiger partial charge on any atom is -0.294 e. The van der Waals surface area contributed by atoms with Crippen molar-refractivity contribution in [2.75, 3.05) is 0 Å². The molecule has 0 radical (unpaired) electrons. The number of benzene rings is 1. The van der Waals surface area contributed by atoms with Gasteiger partial charge in [-0.3, -0.25) is 14.6 Å². The summed E-state index contributed by atoms with van der Waals surface area (Å²) in [5.41, 5.74) is 0.548. The summed E-state index contributed by atoms with van der Waals surface area (Å²) in [6, 6.07) is 6.52. The number of halogens is 2. The molecule has 5 heteroatoms. The summed E-state index contributed by atoms with van der Waals surface area (Å²) < 4.78 is 12.9. The quantitative estimate of drug-likeness (QED) is 0.636. The summed E-state index contributed by atoms with van der Waals surface area (Å²) in [7, 11) is 0. The summed E-state index contributed by atoms with van der Waals surface area (Å²) >= 11 is 5.77. The van der Waals surface area contributed by atoms with Crippen LogP contribution in [0.5, 0.6) is 0 Å². The number of nitrogens with zero attached hydrogens (tertiary/aromatic N) is 1. The van der Waals surface area contributed by atoms with Gasteiger partial charge in [0.25, 0.3) is 0 Å². The van der Waals surface area contributed by atoms with Crippen molar-refractivity contribution in [3.05, 3.63) is 64.7 Å². The molecule has 0 aliphatic carbocycles. The predicted molar refractivity (Wildman–Crippen MR) is 68.9 cm³/mol. The molecule has 0 unspecified atom stereocenters. The van der Waals surface area contributed by atoms with Crippen molar-refractivity contribution in [2.45, 2.75) is 6.42 Å². The fourth-order valence-corrected chi connectivity index (χ4v) is 1.87. The Kier molecular flexibility index (Phi) is 4.02. The topological polar surface area (TPSA) is 47.0 Å². The van der Waals surface area contributed by atoms with Crippen LogP contribution in [0.25, 0.3) is 0 Å². The first-order valence-electron chi connectivity index (χ1n) is 5.49. The lowest BCUT2D eigenvalue weighted by molar-refractivity contribution is 0.0894. The van der Waals surface area contributed by atoms with Gasteiger partial charge in [0, 0.05) is 23.5 Å². The Morgan fingerprint density at radius 1 is 1.11 bits per heavy atom. The molecule has 0 amide bonds. The van der Waals surface area contributed by atoms with Crippen molar-refractivity contribution in [1.29, 1.82) is 0 Å². The smallest absolute Gasteiger partial charge is 0.172 e. The molecule has 1 aromatic heterocycles. The maximum Gasteiger partial charge on any atom is 0.172 e. The summed E-state index contributed by atoms with van der Waals surface area (Å²) in [5, 5.41) is 0.00697. The average molecular weight is 278 g/mol. The highest BCUT2D eigenvalue weighted by Gasteiger charge is 2.16. The molecule has 0 bridgehead atoms. The Morgan fingerprint density at radius 3 is 2.42 bits per heavy atom. The van der Waals surface area contributed by atoms with E-state index in [-0.39, 0.29) is 22.8 Å². The molecule has 1 aromatic carbocycles. The highest BCUT2D eigenvalue weighted by atomic mass is 35.5. The van der Waals surface area contributed by atoms with Gasteiger partial charge in [-0.15, -0.1) is 0 Å². The Bertz CT molecular complexity index is 629. The fraction of sp³-hybridized carbons (Fsp3) is 0.0714. The van der Waals surface area contributed by atoms with Crippen LogP contribution >= 0.6 is 11.6 Å². The Morgan fingerprint density at radius 2 is 1.79 bits per heavy atom. The molecule has 0 spiro atoms. The van der Waals surface area contributed by atoms with Crippen molar-refractivity contribution in [2.24, 2.45) is 0 Å². The standard InChI is InChI=1S/C14H9ClFNO2/c15-12-7-10(16)1-2-11(12)14(19)8-13(18)9-3-5-17-6-4-9/h1-7H,8H2. The molecule has 2 aromatic rings. The van der Waals surface area contributed by atoms with E-state index in [9.17, 15) is 14.0 Å². The lowest BCUT2D eigenvalue weighted by Gasteiger charge is -2.03. The number of rotatable bonds is 4. The van der Waals surface area contributed by atoms with E-state index in [2.05, 4.69) is 4.98 Å². The summed E-state index contributed by atoms with van der Waals surface area (Å²) in [6.45, 7) is 0. The van der Waals surface area contributed by atoms with E-state index in [0.29, 0.717) is 5.56 Å². The minimum absolute atomic E-state index is 0.00697. The first-order valence-corrected chi connectivity index (χ1v) is 5.87. The highest BCUT2D eigenvalue weighted by Crippen LogP contribution is 2.19. The molecule has 3 nitrogen and oxygen atoms in total. The van der Waals surface area contributed by atoms with Crippen molar-refractivity contribution in [1.82, 2.24) is 4.98 Å². The van der Waals surface area contributed by atoms with Gasteiger partial charge in [0.1, 0.15) is 5.82 Å². The van der Waals surface area contributed by atoms with Crippen molar-refractivity contribution >= 4 is 23.2 Å². The fourth-order valence-electron chi connectivity index (χ4n) is 1.60. The molecule has 0 atom stereocenters. The number of ketones is 2. The van der Waals surface area contributed by atoms with Crippen LogP contribution < -0.4 is 0 Å². The first kappa shape index (κ1) is 13.4. The van der Waals surface area contributed by atoms with Gasteiger partial charge in [-0.1, -0.05) is 11.6 Å². The van der Waals surface area contributed by atoms with Gasteiger partial charge in [0.15, 0.2) is 11.6 Å². The molecule has 1 heterocycles. The van der Waals surface area contributed by atoms with Gasteiger partial charge >= 0.3 is 0 Å². The van der Waals surface area contributed by atoms with E-state index in [0.717, 1.165) is 12.1 Å². The number of hydrogen-bond donors (Lipinski definition) is 0. The zero-order chi connectivity index (χ0) is 13.8. The molecule has 19 heavy (non-hydrogen) atoms. The van der Waals surface area contributed by atoms with Crippen LogP contribution in [0.4, 0.5) is 4.39 Å². The molecule has 96 valence electrons. The minimum atomic E-state index is -0.526. The van der Waals surface area contributed by atoms with Crippen LogP contribution in [0.3, 0.4) is 0 Å². The molecule has 0 fully saturated rings. The van der Waals surface area contributed by atoms with Crippen LogP contribution in [0.2, 0.25) is 5.02 Å². The third-order valence-electron chi connectivity index (χ3n) is 2.55. The molecular formula is C14H9ClFNO2. The van der Waals surface area contributed by atoms with Crippen LogP contribution in [-0.4, -0.2) is 16.6 Å². The van der Waals surface area contributed by atoms with Gasteiger partial charge in [-0.05, 0) is 30.3 Å². The summed E-state index contributed by atoms with van der Waals surface area (Å²) in [6.07, 6.45) is 2.64. The zero-order valence-corrected chi connectivity index (χ0v) is 10.5. The van der Waals surface area contributed by atoms with E-state index >= 15 is 0 Å². The van der Waals surface area contributed by atoms with E-state index in [4.69, 9.17) is 11.6 Å². The van der Waals surface area contributed by atoms with Gasteiger partial charge < -0.3 is 0 Å². The van der Waals surface area contributed by atoms with E-state index in [1.165, 1.54) is 30.6 Å². The summed E-state index contributed by atoms with van der Waals surface area (Å²) in [5.74, 6) is -1.29. The highest BCUT2D eigenvalue weighted by molar-refractivity contribution is 6.34. The maximum atomic E-state index is 12.9. The summed E-state index contributed by atoms with van der Waals surface area (Å²) in [4.78, 5) is 27.5. The van der Waals surface area contributed by atoms with Crippen molar-refractivity contribution in [3.63, 3.8) is 0 Å². The number of carbonyl (C=O) groups excluding carboxylic acids is 2. The second kappa shape index (κ2) is 5.71. The van der Waals surface area contributed by atoms with Gasteiger partial charge in [-0.2, -0.15) is 0 Å². The molecule has 0 saturated heterocycles. The molecule has 0 aliphatic rings. The van der Waals surface area contributed by atoms with Crippen molar-refractivity contribution in [3.8, 4) is 0 Å². The normalized spacial score (nSPS) is 10.2. The van der Waals surface area contributed by atoms with Gasteiger partial charge in [0.2, 0.25) is 0 Å². The third kappa shape index (κ3) is 3.23. The largest absolute Gasteiger partial charge is 0.294 e. The number of Topliss-reactive ketones (excluding diaryl/α,β-unsaturated/α-hetero) is 2. The average Bonchev–Trinajstić information content (AvgIpc) is 2.39. The lowest BCUT2D eigenvalue weighted by Crippen LogP contribution is -2.09. The number of hydrogen-bond acceptors (Lipinski definition) is 3. The van der Waals surface area contributed by atoms with Crippen LogP contribution in [-0.2, 0) is 0 Å². The van der Waals surface area contributed by atoms with E-state index in [1.807, 2.05) is 0 Å². The number of aromatic nitrogens is 1. The maximum absolute atomic E-state index is 12.9. The van der Waals surface area contributed by atoms with E-state index in [1.54, 1.807) is 0 Å². The monoisotopic (exact) mass is 277 g/mol. The zero-order valence-electron chi connectivity index (χ0n) is 9.77. The lowest BCUT2D eigenvalue weighted by atomic mass is 10.0. The Hall–Kier alpha value is -2.07. The van der Waals surface area contributed by atoms with Crippen molar-refractivity contribution < 1.29 is 14.0 Å². The second-order valence-corrected chi connectivity index (χ2v) is 4.29. The number of carbonyl (C=O) groups is 2. The van der Waals surface area contributed by atoms with Crippen LogP contribution in [0, 0.1) is 5.82 Å². The van der Waals surface area contributed by atoms with Crippen LogP contribution in [0.15, 0.2) is 42.7 Å². The van der Waals surface area contributed by atoms with Gasteiger partial charge in [-0.25, -0.2) is 4.39 Å². The Labute approximate surface area is 114 Å². The number of pyridine rings is 1.